The second-order valence-corrected chi connectivity index (χ2v) is 4.59. The van der Waals surface area contributed by atoms with E-state index in [2.05, 4.69) is 26.2 Å². The Morgan fingerprint density at radius 1 is 1.39 bits per heavy atom. The van der Waals surface area contributed by atoms with Gasteiger partial charge in [-0.05, 0) is 46.6 Å². The maximum absolute atomic E-state index is 10.9. The van der Waals surface area contributed by atoms with E-state index in [-0.39, 0.29) is 5.56 Å². The quantitative estimate of drug-likeness (QED) is 0.909. The fourth-order valence-electron chi connectivity index (χ4n) is 1.51. The summed E-state index contributed by atoms with van der Waals surface area (Å²) in [7, 11) is 0. The summed E-state index contributed by atoms with van der Waals surface area (Å²) in [4.78, 5) is 15.0. The number of nitrogens with zero attached hydrogens (tertiary/aromatic N) is 1. The third kappa shape index (κ3) is 2.68. The van der Waals surface area contributed by atoms with Crippen molar-refractivity contribution in [2.24, 2.45) is 0 Å². The fourth-order valence-corrected chi connectivity index (χ4v) is 1.88. The molecule has 4 nitrogen and oxygen atoms in total. The third-order valence-corrected chi connectivity index (χ3v) is 3.51. The lowest BCUT2D eigenvalue weighted by Gasteiger charge is -2.09. The highest BCUT2D eigenvalue weighted by atomic mass is 79.9. The Labute approximate surface area is 113 Å². The summed E-state index contributed by atoms with van der Waals surface area (Å²) < 4.78 is 0.938. The van der Waals surface area contributed by atoms with Gasteiger partial charge in [-0.2, -0.15) is 0 Å². The first kappa shape index (κ1) is 12.6. The lowest BCUT2D eigenvalue weighted by atomic mass is 10.2. The van der Waals surface area contributed by atoms with Crippen molar-refractivity contribution in [2.75, 3.05) is 5.32 Å². The summed E-state index contributed by atoms with van der Waals surface area (Å²) in [6, 6.07) is 8.75. The zero-order valence-electron chi connectivity index (χ0n) is 9.64. The van der Waals surface area contributed by atoms with Crippen LogP contribution in [0.4, 0.5) is 11.5 Å². The van der Waals surface area contributed by atoms with Crippen LogP contribution in [-0.4, -0.2) is 16.1 Å². The van der Waals surface area contributed by atoms with Crippen LogP contribution in [0, 0.1) is 6.92 Å². The van der Waals surface area contributed by atoms with Crippen LogP contribution in [0.1, 0.15) is 15.9 Å². The van der Waals surface area contributed by atoms with Gasteiger partial charge < -0.3 is 10.4 Å². The maximum Gasteiger partial charge on any atom is 0.335 e. The zero-order chi connectivity index (χ0) is 13.1. The number of hydrogen-bond acceptors (Lipinski definition) is 3. The van der Waals surface area contributed by atoms with Crippen LogP contribution < -0.4 is 5.32 Å². The summed E-state index contributed by atoms with van der Waals surface area (Å²) in [5, 5.41) is 12.0. The Bertz CT molecular complexity index is 599. The number of nitrogens with one attached hydrogen (secondary N) is 1. The molecule has 0 atom stereocenters. The van der Waals surface area contributed by atoms with Gasteiger partial charge in [0.05, 0.1) is 11.3 Å². The molecule has 0 aliphatic rings. The topological polar surface area (TPSA) is 62.2 Å². The minimum absolute atomic E-state index is 0.205. The van der Waals surface area contributed by atoms with Crippen molar-refractivity contribution in [1.29, 1.82) is 0 Å². The van der Waals surface area contributed by atoms with Gasteiger partial charge in [0.1, 0.15) is 5.82 Å². The highest BCUT2D eigenvalue weighted by Gasteiger charge is 2.06. The molecule has 0 radical (unpaired) electrons. The standard InChI is InChI=1S/C13H11BrN2O2/c1-8-3-2-4-10(12(8)14)16-11-7-9(13(17)18)5-6-15-11/h2-7H,1H3,(H,15,16)(H,17,18). The smallest absolute Gasteiger partial charge is 0.335 e. The number of carbonyl (C=O) groups is 1. The summed E-state index contributed by atoms with van der Waals surface area (Å²) in [5.41, 5.74) is 2.15. The van der Waals surface area contributed by atoms with E-state index >= 15 is 0 Å². The molecule has 92 valence electrons. The van der Waals surface area contributed by atoms with Crippen LogP contribution in [0.5, 0.6) is 0 Å². The highest BCUT2D eigenvalue weighted by Crippen LogP contribution is 2.28. The van der Waals surface area contributed by atoms with Crippen LogP contribution in [0.25, 0.3) is 0 Å². The fraction of sp³-hybridized carbons (Fsp3) is 0.0769. The first-order chi connectivity index (χ1) is 8.58. The van der Waals surface area contributed by atoms with Crippen molar-refractivity contribution in [3.63, 3.8) is 0 Å². The minimum Gasteiger partial charge on any atom is -0.478 e. The third-order valence-electron chi connectivity index (χ3n) is 2.46. The van der Waals surface area contributed by atoms with Crippen molar-refractivity contribution >= 4 is 33.4 Å². The highest BCUT2D eigenvalue weighted by molar-refractivity contribution is 9.10. The van der Waals surface area contributed by atoms with Gasteiger partial charge >= 0.3 is 5.97 Å². The van der Waals surface area contributed by atoms with Crippen molar-refractivity contribution in [3.05, 3.63) is 52.1 Å². The van der Waals surface area contributed by atoms with E-state index in [1.165, 1.54) is 18.3 Å². The van der Waals surface area contributed by atoms with Gasteiger partial charge in [-0.25, -0.2) is 9.78 Å². The number of halogens is 1. The Morgan fingerprint density at radius 2 is 2.17 bits per heavy atom. The molecular formula is C13H11BrN2O2. The van der Waals surface area contributed by atoms with Crippen LogP contribution in [0.15, 0.2) is 41.0 Å². The molecule has 2 aromatic rings. The molecule has 1 heterocycles. The molecule has 0 aliphatic carbocycles. The summed E-state index contributed by atoms with van der Waals surface area (Å²) in [6.07, 6.45) is 1.47. The predicted octanol–water partition coefficient (Wildman–Crippen LogP) is 3.59. The lowest BCUT2D eigenvalue weighted by Crippen LogP contribution is -2.00. The first-order valence-electron chi connectivity index (χ1n) is 5.29. The largest absolute Gasteiger partial charge is 0.478 e. The molecule has 2 N–H and O–H groups in total. The van der Waals surface area contributed by atoms with E-state index in [1.807, 2.05) is 25.1 Å². The monoisotopic (exact) mass is 306 g/mol. The number of anilines is 2. The molecule has 0 spiro atoms. The van der Waals surface area contributed by atoms with Crippen LogP contribution in [-0.2, 0) is 0 Å². The van der Waals surface area contributed by atoms with E-state index in [0.717, 1.165) is 15.7 Å². The first-order valence-corrected chi connectivity index (χ1v) is 6.08. The molecule has 0 bridgehead atoms. The molecule has 0 saturated heterocycles. The molecule has 1 aromatic carbocycles. The maximum atomic E-state index is 10.9. The normalized spacial score (nSPS) is 10.1. The number of aromatic carboxylic acids is 1. The Hall–Kier alpha value is -1.88. The molecule has 0 amide bonds. The number of rotatable bonds is 3. The van der Waals surface area contributed by atoms with Gasteiger partial charge in [-0.15, -0.1) is 0 Å². The summed E-state index contributed by atoms with van der Waals surface area (Å²) in [5.74, 6) is -0.468. The second kappa shape index (κ2) is 5.18. The van der Waals surface area contributed by atoms with Crippen LogP contribution >= 0.6 is 15.9 Å². The number of aryl methyl sites for hydroxylation is 1. The SMILES string of the molecule is Cc1cccc(Nc2cc(C(=O)O)ccn2)c1Br. The average Bonchev–Trinajstić information content (AvgIpc) is 2.35. The molecule has 0 unspecified atom stereocenters. The van der Waals surface area contributed by atoms with Gasteiger partial charge in [0.25, 0.3) is 0 Å². The van der Waals surface area contributed by atoms with Crippen molar-refractivity contribution in [2.45, 2.75) is 6.92 Å². The molecular weight excluding hydrogens is 296 g/mol. The average molecular weight is 307 g/mol. The summed E-state index contributed by atoms with van der Waals surface area (Å²) in [6.45, 7) is 1.98. The minimum atomic E-state index is -0.969. The van der Waals surface area contributed by atoms with E-state index in [4.69, 9.17) is 5.11 Å². The van der Waals surface area contributed by atoms with E-state index < -0.39 is 5.97 Å². The number of benzene rings is 1. The Balaban J connectivity index is 2.31. The van der Waals surface area contributed by atoms with Crippen molar-refractivity contribution in [3.8, 4) is 0 Å². The lowest BCUT2D eigenvalue weighted by molar-refractivity contribution is 0.0697. The predicted molar refractivity (Wildman–Crippen MR) is 73.4 cm³/mol. The van der Waals surface area contributed by atoms with Gasteiger partial charge in [0, 0.05) is 10.7 Å². The number of aromatic nitrogens is 1. The van der Waals surface area contributed by atoms with Crippen molar-refractivity contribution < 1.29 is 9.90 Å². The van der Waals surface area contributed by atoms with Crippen molar-refractivity contribution in [1.82, 2.24) is 4.98 Å². The van der Waals surface area contributed by atoms with E-state index in [0.29, 0.717) is 5.82 Å². The Morgan fingerprint density at radius 3 is 2.89 bits per heavy atom. The Kier molecular flexibility index (Phi) is 3.62. The zero-order valence-corrected chi connectivity index (χ0v) is 11.2. The van der Waals surface area contributed by atoms with Crippen LogP contribution in [0.3, 0.4) is 0 Å². The molecule has 0 aliphatic heterocycles. The number of carboxylic acid groups (broad SMARTS) is 1. The second-order valence-electron chi connectivity index (χ2n) is 3.80. The summed E-state index contributed by atoms with van der Waals surface area (Å²) >= 11 is 3.48. The van der Waals surface area contributed by atoms with Gasteiger partial charge in [-0.3, -0.25) is 0 Å². The van der Waals surface area contributed by atoms with Crippen LogP contribution in [0.2, 0.25) is 0 Å². The van der Waals surface area contributed by atoms with Gasteiger partial charge in [0.15, 0.2) is 0 Å². The van der Waals surface area contributed by atoms with E-state index in [1.54, 1.807) is 0 Å². The number of carboxylic acids is 1. The molecule has 5 heteroatoms. The number of hydrogen-bond donors (Lipinski definition) is 2. The molecule has 0 fully saturated rings. The molecule has 1 aromatic heterocycles. The molecule has 0 saturated carbocycles. The molecule has 2 rings (SSSR count). The van der Waals surface area contributed by atoms with E-state index in [9.17, 15) is 4.79 Å². The van der Waals surface area contributed by atoms with Gasteiger partial charge in [-0.1, -0.05) is 12.1 Å². The number of pyridine rings is 1. The van der Waals surface area contributed by atoms with Gasteiger partial charge in [0.2, 0.25) is 0 Å². The molecule has 18 heavy (non-hydrogen) atoms.